The van der Waals surface area contributed by atoms with E-state index in [-0.39, 0.29) is 12.2 Å². The second-order valence-electron chi connectivity index (χ2n) is 9.60. The van der Waals surface area contributed by atoms with Crippen molar-refractivity contribution < 1.29 is 33.6 Å². The summed E-state index contributed by atoms with van der Waals surface area (Å²) < 4.78 is 23.0. The van der Waals surface area contributed by atoms with Crippen molar-refractivity contribution in [2.45, 2.75) is 57.7 Å². The van der Waals surface area contributed by atoms with E-state index in [1.807, 2.05) is 19.1 Å². The SMILES string of the molecule is COc1ccc(C(=O)CC2(C(=O)O)CCCC3(CC2)OCCO3)cc1OCCc1cccc(C)c1. The number of methoxy groups -OCH3 is 1. The lowest BCUT2D eigenvalue weighted by Crippen LogP contribution is -2.35. The zero-order valence-electron chi connectivity index (χ0n) is 20.5. The van der Waals surface area contributed by atoms with Gasteiger partial charge >= 0.3 is 5.97 Å². The van der Waals surface area contributed by atoms with Crippen molar-refractivity contribution in [3.05, 3.63) is 59.2 Å². The quantitative estimate of drug-likeness (QED) is 0.504. The summed E-state index contributed by atoms with van der Waals surface area (Å²) in [6, 6.07) is 13.3. The van der Waals surface area contributed by atoms with Crippen molar-refractivity contribution in [3.8, 4) is 11.5 Å². The molecule has 0 aromatic heterocycles. The summed E-state index contributed by atoms with van der Waals surface area (Å²) in [6.07, 6.45) is 3.16. The zero-order valence-corrected chi connectivity index (χ0v) is 20.5. The van der Waals surface area contributed by atoms with Gasteiger partial charge in [0.05, 0.1) is 32.3 Å². The molecule has 1 aliphatic carbocycles. The molecule has 35 heavy (non-hydrogen) atoms. The number of carboxylic acid groups (broad SMARTS) is 1. The van der Waals surface area contributed by atoms with E-state index in [1.165, 1.54) is 11.1 Å². The van der Waals surface area contributed by atoms with Crippen LogP contribution in [0.15, 0.2) is 42.5 Å². The van der Waals surface area contributed by atoms with Gasteiger partial charge in [0, 0.05) is 31.2 Å². The van der Waals surface area contributed by atoms with Gasteiger partial charge in [-0.1, -0.05) is 29.8 Å². The standard InChI is InChI=1S/C28H34O7/c1-20-5-3-6-21(17-20)9-14-33-25-18-22(7-8-24(25)32-2)23(29)19-27(26(30)31)10-4-11-28(13-12-27)34-15-16-35-28/h3,5-8,17-18H,4,9-16,19H2,1-2H3,(H,30,31). The Balaban J connectivity index is 1.46. The first-order chi connectivity index (χ1) is 16.8. The van der Waals surface area contributed by atoms with Crippen LogP contribution in [0.4, 0.5) is 0 Å². The van der Waals surface area contributed by atoms with E-state index in [2.05, 4.69) is 12.1 Å². The highest BCUT2D eigenvalue weighted by atomic mass is 16.7. The summed E-state index contributed by atoms with van der Waals surface area (Å²) in [6.45, 7) is 3.53. The predicted molar refractivity (Wildman–Crippen MR) is 130 cm³/mol. The molecule has 7 heteroatoms. The molecule has 1 heterocycles. The molecule has 2 aliphatic rings. The molecule has 7 nitrogen and oxygen atoms in total. The summed E-state index contributed by atoms with van der Waals surface area (Å²) in [7, 11) is 1.55. The minimum absolute atomic E-state index is 0.0759. The molecule has 188 valence electrons. The van der Waals surface area contributed by atoms with Gasteiger partial charge in [-0.25, -0.2) is 0 Å². The van der Waals surface area contributed by atoms with Crippen molar-refractivity contribution in [1.82, 2.24) is 0 Å². The third-order valence-corrected chi connectivity index (χ3v) is 7.18. The first kappa shape index (κ1) is 25.2. The number of Topliss-reactive ketones (excluding diaryl/α,β-unsaturated/α-hetero) is 1. The molecule has 1 aliphatic heterocycles. The molecule has 2 aromatic carbocycles. The van der Waals surface area contributed by atoms with E-state index < -0.39 is 17.2 Å². The van der Waals surface area contributed by atoms with Gasteiger partial charge in [0.1, 0.15) is 0 Å². The Bertz CT molecular complexity index is 1060. The molecule has 0 radical (unpaired) electrons. The Morgan fingerprint density at radius 1 is 1.00 bits per heavy atom. The average molecular weight is 483 g/mol. The number of benzene rings is 2. The third kappa shape index (κ3) is 5.85. The van der Waals surface area contributed by atoms with Crippen molar-refractivity contribution in [1.29, 1.82) is 0 Å². The van der Waals surface area contributed by atoms with Gasteiger partial charge in [0.25, 0.3) is 0 Å². The largest absolute Gasteiger partial charge is 0.493 e. The molecule has 2 fully saturated rings. The van der Waals surface area contributed by atoms with Crippen LogP contribution in [0.2, 0.25) is 0 Å². The van der Waals surface area contributed by atoms with E-state index in [9.17, 15) is 14.7 Å². The molecule has 1 saturated heterocycles. The average Bonchev–Trinajstić information content (AvgIpc) is 3.22. The maximum atomic E-state index is 13.3. The van der Waals surface area contributed by atoms with E-state index in [4.69, 9.17) is 18.9 Å². The molecule has 2 aromatic rings. The zero-order chi connectivity index (χ0) is 24.9. The third-order valence-electron chi connectivity index (χ3n) is 7.18. The van der Waals surface area contributed by atoms with Gasteiger partial charge in [-0.2, -0.15) is 0 Å². The van der Waals surface area contributed by atoms with E-state index in [0.717, 1.165) is 6.42 Å². The number of carbonyl (C=O) groups is 2. The Morgan fingerprint density at radius 2 is 1.80 bits per heavy atom. The molecular formula is C28H34O7. The lowest BCUT2D eigenvalue weighted by Gasteiger charge is -2.29. The summed E-state index contributed by atoms with van der Waals surface area (Å²) in [5.41, 5.74) is 1.64. The second kappa shape index (κ2) is 10.8. The fraction of sp³-hybridized carbons (Fsp3) is 0.500. The Labute approximate surface area is 206 Å². The number of aliphatic carboxylic acids is 1. The number of hydrogen-bond donors (Lipinski definition) is 1. The minimum atomic E-state index is -1.14. The predicted octanol–water partition coefficient (Wildman–Crippen LogP) is 4.98. The molecule has 1 saturated carbocycles. The number of rotatable bonds is 9. The van der Waals surface area contributed by atoms with Crippen LogP contribution in [-0.4, -0.2) is 49.6 Å². The Hall–Kier alpha value is -2.90. The van der Waals surface area contributed by atoms with Crippen LogP contribution in [0.3, 0.4) is 0 Å². The van der Waals surface area contributed by atoms with Gasteiger partial charge in [-0.05, 0) is 49.9 Å². The van der Waals surface area contributed by atoms with Crippen LogP contribution >= 0.6 is 0 Å². The van der Waals surface area contributed by atoms with Crippen molar-refractivity contribution >= 4 is 11.8 Å². The Morgan fingerprint density at radius 3 is 2.51 bits per heavy atom. The highest BCUT2D eigenvalue weighted by molar-refractivity contribution is 5.99. The van der Waals surface area contributed by atoms with Gasteiger partial charge in [0.2, 0.25) is 0 Å². The fourth-order valence-electron chi connectivity index (χ4n) is 5.15. The maximum absolute atomic E-state index is 13.3. The topological polar surface area (TPSA) is 91.3 Å². The van der Waals surface area contributed by atoms with Crippen molar-refractivity contribution in [3.63, 3.8) is 0 Å². The lowest BCUT2D eigenvalue weighted by molar-refractivity contribution is -0.168. The van der Waals surface area contributed by atoms with Gasteiger partial charge in [-0.15, -0.1) is 0 Å². The Kier molecular flexibility index (Phi) is 7.77. The van der Waals surface area contributed by atoms with Crippen molar-refractivity contribution in [2.75, 3.05) is 26.9 Å². The van der Waals surface area contributed by atoms with E-state index >= 15 is 0 Å². The van der Waals surface area contributed by atoms with Crippen LogP contribution in [0.1, 0.15) is 60.0 Å². The van der Waals surface area contributed by atoms with Crippen LogP contribution in [0, 0.1) is 12.3 Å². The van der Waals surface area contributed by atoms with Crippen LogP contribution < -0.4 is 9.47 Å². The molecule has 0 amide bonds. The highest BCUT2D eigenvalue weighted by Crippen LogP contribution is 2.45. The second-order valence-corrected chi connectivity index (χ2v) is 9.60. The molecule has 1 N–H and O–H groups in total. The van der Waals surface area contributed by atoms with Crippen LogP contribution in [0.25, 0.3) is 0 Å². The normalized spacial score (nSPS) is 21.4. The van der Waals surface area contributed by atoms with Gasteiger partial charge < -0.3 is 24.1 Å². The first-order valence-electron chi connectivity index (χ1n) is 12.3. The maximum Gasteiger partial charge on any atom is 0.310 e. The fourth-order valence-corrected chi connectivity index (χ4v) is 5.15. The van der Waals surface area contributed by atoms with Crippen molar-refractivity contribution in [2.24, 2.45) is 5.41 Å². The van der Waals surface area contributed by atoms with Gasteiger partial charge in [-0.3, -0.25) is 9.59 Å². The van der Waals surface area contributed by atoms with Crippen LogP contribution in [0.5, 0.6) is 11.5 Å². The monoisotopic (exact) mass is 482 g/mol. The highest BCUT2D eigenvalue weighted by Gasteiger charge is 2.47. The number of aryl methyl sites for hydroxylation is 1. The molecule has 1 spiro atoms. The molecule has 1 atom stereocenters. The lowest BCUT2D eigenvalue weighted by atomic mass is 9.75. The number of carbonyl (C=O) groups excluding carboxylic acids is 1. The van der Waals surface area contributed by atoms with Crippen LogP contribution in [-0.2, 0) is 20.7 Å². The number of ketones is 1. The smallest absolute Gasteiger partial charge is 0.310 e. The number of hydrogen-bond acceptors (Lipinski definition) is 6. The minimum Gasteiger partial charge on any atom is -0.493 e. The summed E-state index contributed by atoms with van der Waals surface area (Å²) in [5.74, 6) is -0.848. The number of carboxylic acids is 1. The first-order valence-corrected chi connectivity index (χ1v) is 12.3. The van der Waals surface area contributed by atoms with E-state index in [0.29, 0.717) is 69.0 Å². The molecule has 0 bridgehead atoms. The summed E-state index contributed by atoms with van der Waals surface area (Å²) in [5, 5.41) is 10.1. The molecular weight excluding hydrogens is 448 g/mol. The van der Waals surface area contributed by atoms with E-state index in [1.54, 1.807) is 25.3 Å². The molecule has 4 rings (SSSR count). The number of ether oxygens (including phenoxy) is 4. The summed E-state index contributed by atoms with van der Waals surface area (Å²) in [4.78, 5) is 25.7. The van der Waals surface area contributed by atoms with Gasteiger partial charge in [0.15, 0.2) is 23.1 Å². The summed E-state index contributed by atoms with van der Waals surface area (Å²) >= 11 is 0. The molecule has 1 unspecified atom stereocenters.